The highest BCUT2D eigenvalue weighted by Gasteiger charge is 2.35. The van der Waals surface area contributed by atoms with Crippen LogP contribution >= 0.6 is 0 Å². The Labute approximate surface area is 106 Å². The Morgan fingerprint density at radius 1 is 1.33 bits per heavy atom. The van der Waals surface area contributed by atoms with Gasteiger partial charge >= 0.3 is 6.03 Å². The van der Waals surface area contributed by atoms with Crippen molar-refractivity contribution in [2.45, 2.75) is 19.9 Å². The van der Waals surface area contributed by atoms with Crippen molar-refractivity contribution in [1.29, 1.82) is 5.41 Å². The number of nitrogens with zero attached hydrogens (tertiary/aromatic N) is 1. The van der Waals surface area contributed by atoms with E-state index in [9.17, 15) is 4.79 Å². The van der Waals surface area contributed by atoms with E-state index in [4.69, 9.17) is 10.1 Å². The molecule has 0 aliphatic carbocycles. The van der Waals surface area contributed by atoms with E-state index in [0.717, 1.165) is 11.3 Å². The molecule has 96 valence electrons. The summed E-state index contributed by atoms with van der Waals surface area (Å²) in [7, 11) is 0. The lowest BCUT2D eigenvalue weighted by molar-refractivity contribution is 0.209. The monoisotopic (exact) mass is 247 g/mol. The molecule has 2 rings (SSSR count). The summed E-state index contributed by atoms with van der Waals surface area (Å²) < 4.78 is 5.37. The lowest BCUT2D eigenvalue weighted by Gasteiger charge is -2.21. The molecule has 1 unspecified atom stereocenters. The second-order valence-corrected chi connectivity index (χ2v) is 4.03. The largest absolute Gasteiger partial charge is 0.494 e. The lowest BCUT2D eigenvalue weighted by Crippen LogP contribution is -2.29. The van der Waals surface area contributed by atoms with Gasteiger partial charge < -0.3 is 9.64 Å². The Morgan fingerprint density at radius 2 is 2.00 bits per heavy atom. The van der Waals surface area contributed by atoms with Gasteiger partial charge in [0.1, 0.15) is 17.6 Å². The first-order valence-corrected chi connectivity index (χ1v) is 6.06. The van der Waals surface area contributed by atoms with Gasteiger partial charge in [0, 0.05) is 6.54 Å². The number of amides is 2. The summed E-state index contributed by atoms with van der Waals surface area (Å²) in [5.41, 5.74) is 0.920. The molecule has 1 aromatic rings. The van der Waals surface area contributed by atoms with Crippen molar-refractivity contribution >= 4 is 11.9 Å². The van der Waals surface area contributed by atoms with Gasteiger partial charge in [0.05, 0.1) is 6.61 Å². The first-order valence-electron chi connectivity index (χ1n) is 6.06. The molecule has 0 spiro atoms. The van der Waals surface area contributed by atoms with Crippen LogP contribution in [0.2, 0.25) is 0 Å². The highest BCUT2D eigenvalue weighted by Crippen LogP contribution is 2.27. The van der Waals surface area contributed by atoms with E-state index < -0.39 is 0 Å². The quantitative estimate of drug-likeness (QED) is 0.856. The minimum atomic E-state index is -0.307. The van der Waals surface area contributed by atoms with Gasteiger partial charge in [-0.3, -0.25) is 10.7 Å². The van der Waals surface area contributed by atoms with Crippen molar-refractivity contribution in [3.63, 3.8) is 0 Å². The van der Waals surface area contributed by atoms with Crippen LogP contribution in [0.5, 0.6) is 5.75 Å². The molecular formula is C13H17N3O2. The van der Waals surface area contributed by atoms with Crippen LogP contribution in [-0.2, 0) is 0 Å². The zero-order valence-corrected chi connectivity index (χ0v) is 10.6. The number of benzene rings is 1. The average molecular weight is 247 g/mol. The Balaban J connectivity index is 2.24. The number of likely N-dealkylation sites (N-methyl/N-ethyl adjacent to an activating group) is 1. The number of nitrogens with one attached hydrogen (secondary N) is 2. The van der Waals surface area contributed by atoms with Crippen LogP contribution in [0.3, 0.4) is 0 Å². The van der Waals surface area contributed by atoms with Crippen LogP contribution in [-0.4, -0.2) is 29.9 Å². The van der Waals surface area contributed by atoms with Gasteiger partial charge in [-0.1, -0.05) is 12.1 Å². The van der Waals surface area contributed by atoms with E-state index >= 15 is 0 Å². The molecule has 2 amide bonds. The van der Waals surface area contributed by atoms with Crippen molar-refractivity contribution in [2.75, 3.05) is 13.2 Å². The van der Waals surface area contributed by atoms with E-state index in [1.807, 2.05) is 38.1 Å². The molecule has 1 saturated heterocycles. The summed E-state index contributed by atoms with van der Waals surface area (Å²) in [6, 6.07) is 7.01. The first kappa shape index (κ1) is 12.4. The van der Waals surface area contributed by atoms with Crippen molar-refractivity contribution in [1.82, 2.24) is 10.2 Å². The van der Waals surface area contributed by atoms with E-state index in [0.29, 0.717) is 13.2 Å². The molecule has 1 aromatic carbocycles. The zero-order chi connectivity index (χ0) is 13.1. The number of urea groups is 1. The maximum absolute atomic E-state index is 11.6. The van der Waals surface area contributed by atoms with E-state index in [-0.39, 0.29) is 17.9 Å². The van der Waals surface area contributed by atoms with Gasteiger partial charge in [0.15, 0.2) is 0 Å². The second-order valence-electron chi connectivity index (χ2n) is 4.03. The number of hydrogen-bond donors (Lipinski definition) is 2. The molecule has 0 bridgehead atoms. The Bertz CT molecular complexity index is 456. The molecule has 1 aliphatic heterocycles. The predicted molar refractivity (Wildman–Crippen MR) is 69.0 cm³/mol. The summed E-state index contributed by atoms with van der Waals surface area (Å²) in [5, 5.41) is 10.4. The molecule has 0 aromatic heterocycles. The summed E-state index contributed by atoms with van der Waals surface area (Å²) in [4.78, 5) is 13.3. The third-order valence-corrected chi connectivity index (χ3v) is 2.94. The normalized spacial score (nSPS) is 19.0. The van der Waals surface area contributed by atoms with Gasteiger partial charge in [0.2, 0.25) is 0 Å². The molecule has 1 aliphatic rings. The van der Waals surface area contributed by atoms with Crippen LogP contribution in [0.25, 0.3) is 0 Å². The van der Waals surface area contributed by atoms with E-state index in [1.54, 1.807) is 4.90 Å². The predicted octanol–water partition coefficient (Wildman–Crippen LogP) is 2.15. The summed E-state index contributed by atoms with van der Waals surface area (Å²) in [6.45, 7) is 5.04. The summed E-state index contributed by atoms with van der Waals surface area (Å²) in [6.07, 6.45) is 0. The molecule has 5 heteroatoms. The van der Waals surface area contributed by atoms with Crippen LogP contribution < -0.4 is 10.1 Å². The SMILES string of the molecule is CCOc1ccc(C2C(=N)NC(=O)N2CC)cc1. The molecular weight excluding hydrogens is 230 g/mol. The third kappa shape index (κ3) is 2.16. The van der Waals surface area contributed by atoms with Crippen molar-refractivity contribution in [3.8, 4) is 5.75 Å². The first-order chi connectivity index (χ1) is 8.67. The van der Waals surface area contributed by atoms with Gasteiger partial charge in [-0.2, -0.15) is 0 Å². The number of amidine groups is 1. The zero-order valence-electron chi connectivity index (χ0n) is 10.6. The van der Waals surface area contributed by atoms with Crippen molar-refractivity contribution in [2.24, 2.45) is 0 Å². The minimum Gasteiger partial charge on any atom is -0.494 e. The fraction of sp³-hybridized carbons (Fsp3) is 0.385. The number of hydrogen-bond acceptors (Lipinski definition) is 3. The van der Waals surface area contributed by atoms with Crippen LogP contribution in [0.1, 0.15) is 25.5 Å². The minimum absolute atomic E-state index is 0.207. The highest BCUT2D eigenvalue weighted by atomic mass is 16.5. The molecule has 2 N–H and O–H groups in total. The van der Waals surface area contributed by atoms with Crippen LogP contribution in [0.4, 0.5) is 4.79 Å². The van der Waals surface area contributed by atoms with E-state index in [2.05, 4.69) is 5.32 Å². The maximum atomic E-state index is 11.6. The second kappa shape index (κ2) is 5.08. The maximum Gasteiger partial charge on any atom is 0.323 e. The van der Waals surface area contributed by atoms with Crippen molar-refractivity contribution < 1.29 is 9.53 Å². The van der Waals surface area contributed by atoms with Crippen LogP contribution in [0.15, 0.2) is 24.3 Å². The van der Waals surface area contributed by atoms with Gasteiger partial charge in [-0.25, -0.2) is 4.79 Å². The van der Waals surface area contributed by atoms with E-state index in [1.165, 1.54) is 0 Å². The third-order valence-electron chi connectivity index (χ3n) is 2.94. The number of carbonyl (C=O) groups is 1. The molecule has 18 heavy (non-hydrogen) atoms. The van der Waals surface area contributed by atoms with Gasteiger partial charge in [-0.05, 0) is 31.5 Å². The molecule has 1 fully saturated rings. The fourth-order valence-electron chi connectivity index (χ4n) is 2.11. The van der Waals surface area contributed by atoms with Crippen molar-refractivity contribution in [3.05, 3.63) is 29.8 Å². The standard InChI is InChI=1S/C13H17N3O2/c1-3-16-11(12(14)15-13(16)17)9-5-7-10(8-6-9)18-4-2/h5-8,11H,3-4H2,1-2H3,(H2,14,15,17). The van der Waals surface area contributed by atoms with Gasteiger partial charge in [0.25, 0.3) is 0 Å². The lowest BCUT2D eigenvalue weighted by atomic mass is 10.1. The summed E-state index contributed by atoms with van der Waals surface area (Å²) >= 11 is 0. The molecule has 1 heterocycles. The highest BCUT2D eigenvalue weighted by molar-refractivity contribution is 6.05. The topological polar surface area (TPSA) is 65.4 Å². The number of carbonyl (C=O) groups excluding carboxylic acids is 1. The summed E-state index contributed by atoms with van der Waals surface area (Å²) in [5.74, 6) is 1.03. The fourth-order valence-corrected chi connectivity index (χ4v) is 2.11. The molecule has 0 saturated carbocycles. The Morgan fingerprint density at radius 3 is 2.56 bits per heavy atom. The molecule has 0 radical (unpaired) electrons. The average Bonchev–Trinajstić information content (AvgIpc) is 2.65. The Hall–Kier alpha value is -2.04. The number of rotatable bonds is 4. The van der Waals surface area contributed by atoms with Crippen LogP contribution in [0, 0.1) is 5.41 Å². The van der Waals surface area contributed by atoms with Gasteiger partial charge in [-0.15, -0.1) is 0 Å². The number of ether oxygens (including phenoxy) is 1. The Kier molecular flexibility index (Phi) is 3.50. The molecule has 5 nitrogen and oxygen atoms in total. The molecule has 1 atom stereocenters. The smallest absolute Gasteiger partial charge is 0.323 e.